The zero-order valence-electron chi connectivity index (χ0n) is 8.24. The molecule has 1 aromatic carbocycles. The minimum Gasteiger partial charge on any atom is -0.449 e. The van der Waals surface area contributed by atoms with Crippen molar-refractivity contribution < 1.29 is 9.53 Å². The zero-order chi connectivity index (χ0) is 10.8. The second-order valence-electron chi connectivity index (χ2n) is 3.31. The number of carbonyl (C=O) groups is 1. The van der Waals surface area contributed by atoms with E-state index in [2.05, 4.69) is 0 Å². The third-order valence-electron chi connectivity index (χ3n) is 2.32. The smallest absolute Gasteiger partial charge is 0.404 e. The Bertz CT molecular complexity index is 504. The van der Waals surface area contributed by atoms with Crippen LogP contribution in [0.15, 0.2) is 30.5 Å². The lowest BCUT2D eigenvalue weighted by Gasteiger charge is -1.97. The summed E-state index contributed by atoms with van der Waals surface area (Å²) in [6.45, 7) is 0.212. The van der Waals surface area contributed by atoms with Gasteiger partial charge in [0.05, 0.1) is 0 Å². The molecule has 0 unspecified atom stereocenters. The van der Waals surface area contributed by atoms with Crippen LogP contribution in [0, 0.1) is 0 Å². The normalized spacial score (nSPS) is 10.5. The zero-order valence-corrected chi connectivity index (χ0v) is 8.99. The van der Waals surface area contributed by atoms with E-state index in [9.17, 15) is 4.79 Å². The molecule has 0 saturated heterocycles. The molecule has 0 saturated carbocycles. The summed E-state index contributed by atoms with van der Waals surface area (Å²) in [6, 6.07) is 7.93. The summed E-state index contributed by atoms with van der Waals surface area (Å²) in [7, 11) is 1.95. The molecule has 1 heterocycles. The molecular formula is C11H10ClNO2. The topological polar surface area (TPSA) is 31.2 Å². The number of fused-ring (bicyclic) bond motifs is 1. The molecule has 0 spiro atoms. The van der Waals surface area contributed by atoms with Crippen LogP contribution in [0.2, 0.25) is 0 Å². The first kappa shape index (κ1) is 10.1. The first-order chi connectivity index (χ1) is 7.18. The first-order valence-electron chi connectivity index (χ1n) is 4.53. The highest BCUT2D eigenvalue weighted by Gasteiger charge is 2.06. The minimum absolute atomic E-state index is 0.212. The van der Waals surface area contributed by atoms with Gasteiger partial charge in [0.1, 0.15) is 6.61 Å². The van der Waals surface area contributed by atoms with E-state index < -0.39 is 5.43 Å². The van der Waals surface area contributed by atoms with Crippen LogP contribution in [-0.2, 0) is 18.4 Å². The number of benzene rings is 1. The molecule has 0 aliphatic heterocycles. The van der Waals surface area contributed by atoms with E-state index in [0.717, 1.165) is 16.5 Å². The van der Waals surface area contributed by atoms with Crippen molar-refractivity contribution in [1.29, 1.82) is 0 Å². The van der Waals surface area contributed by atoms with Gasteiger partial charge < -0.3 is 9.30 Å². The van der Waals surface area contributed by atoms with Gasteiger partial charge in [-0.05, 0) is 6.07 Å². The maximum Gasteiger partial charge on any atom is 0.404 e. The minimum atomic E-state index is -0.775. The standard InChI is InChI=1S/C11H10ClNO2/c1-13-6-8(7-15-11(12)14)9-4-2-3-5-10(9)13/h2-6H,7H2,1H3. The molecule has 0 fully saturated rings. The van der Waals surface area contributed by atoms with E-state index in [1.807, 2.05) is 42.1 Å². The summed E-state index contributed by atoms with van der Waals surface area (Å²) in [5.74, 6) is 0. The summed E-state index contributed by atoms with van der Waals surface area (Å²) < 4.78 is 6.76. The molecule has 0 radical (unpaired) electrons. The lowest BCUT2D eigenvalue weighted by Crippen LogP contribution is -1.93. The molecule has 2 rings (SSSR count). The molecule has 0 aliphatic carbocycles. The Hall–Kier alpha value is -1.48. The summed E-state index contributed by atoms with van der Waals surface area (Å²) in [5, 5.41) is 1.08. The fourth-order valence-electron chi connectivity index (χ4n) is 1.68. The number of aromatic nitrogens is 1. The van der Waals surface area contributed by atoms with Crippen molar-refractivity contribution in [3.8, 4) is 0 Å². The van der Waals surface area contributed by atoms with Crippen molar-refractivity contribution in [3.05, 3.63) is 36.0 Å². The number of para-hydroxylation sites is 1. The van der Waals surface area contributed by atoms with Gasteiger partial charge in [-0.2, -0.15) is 0 Å². The number of hydrogen-bond acceptors (Lipinski definition) is 2. The highest BCUT2D eigenvalue weighted by molar-refractivity contribution is 6.61. The second-order valence-corrected chi connectivity index (χ2v) is 3.62. The Balaban J connectivity index is 2.39. The van der Waals surface area contributed by atoms with Crippen molar-refractivity contribution in [2.24, 2.45) is 7.05 Å². The third-order valence-corrected chi connectivity index (χ3v) is 2.43. The third kappa shape index (κ3) is 1.97. The number of carbonyl (C=O) groups excluding carboxylic acids is 1. The van der Waals surface area contributed by atoms with Gasteiger partial charge in [0.25, 0.3) is 0 Å². The predicted octanol–water partition coefficient (Wildman–Crippen LogP) is 3.05. The van der Waals surface area contributed by atoms with E-state index in [1.165, 1.54) is 0 Å². The summed E-state index contributed by atoms with van der Waals surface area (Å²) in [5.41, 5.74) is 1.29. The van der Waals surface area contributed by atoms with Gasteiger partial charge in [0, 0.05) is 41.3 Å². The monoisotopic (exact) mass is 223 g/mol. The number of aryl methyl sites for hydroxylation is 1. The number of nitrogens with zero attached hydrogens (tertiary/aromatic N) is 1. The van der Waals surface area contributed by atoms with Crippen LogP contribution in [0.1, 0.15) is 5.56 Å². The molecule has 1 aromatic heterocycles. The van der Waals surface area contributed by atoms with Crippen molar-refractivity contribution in [2.45, 2.75) is 6.61 Å². The fraction of sp³-hybridized carbons (Fsp3) is 0.182. The molecule has 0 atom stereocenters. The Labute approximate surface area is 92.2 Å². The quantitative estimate of drug-likeness (QED) is 0.733. The molecule has 4 heteroatoms. The van der Waals surface area contributed by atoms with Gasteiger partial charge in [-0.15, -0.1) is 0 Å². The molecule has 15 heavy (non-hydrogen) atoms. The van der Waals surface area contributed by atoms with Crippen LogP contribution in [0.3, 0.4) is 0 Å². The molecule has 78 valence electrons. The van der Waals surface area contributed by atoms with Crippen LogP contribution in [0.4, 0.5) is 4.79 Å². The predicted molar refractivity (Wildman–Crippen MR) is 59.0 cm³/mol. The number of hydrogen-bond donors (Lipinski definition) is 0. The van der Waals surface area contributed by atoms with Gasteiger partial charge in [-0.1, -0.05) is 18.2 Å². The van der Waals surface area contributed by atoms with E-state index in [0.29, 0.717) is 0 Å². The van der Waals surface area contributed by atoms with Crippen molar-refractivity contribution in [1.82, 2.24) is 4.57 Å². The van der Waals surface area contributed by atoms with Crippen LogP contribution < -0.4 is 0 Å². The fourth-order valence-corrected chi connectivity index (χ4v) is 1.73. The molecule has 0 bridgehead atoms. The molecule has 3 nitrogen and oxygen atoms in total. The number of ether oxygens (including phenoxy) is 1. The molecule has 0 aliphatic rings. The second kappa shape index (κ2) is 3.95. The average Bonchev–Trinajstić information content (AvgIpc) is 2.54. The van der Waals surface area contributed by atoms with E-state index in [4.69, 9.17) is 16.3 Å². The van der Waals surface area contributed by atoms with Gasteiger partial charge in [0.2, 0.25) is 0 Å². The van der Waals surface area contributed by atoms with Crippen LogP contribution in [0.25, 0.3) is 10.9 Å². The lowest BCUT2D eigenvalue weighted by molar-refractivity contribution is 0.167. The molecule has 0 N–H and O–H groups in total. The van der Waals surface area contributed by atoms with E-state index in [1.54, 1.807) is 0 Å². The van der Waals surface area contributed by atoms with E-state index >= 15 is 0 Å². The van der Waals surface area contributed by atoms with Crippen molar-refractivity contribution in [3.63, 3.8) is 0 Å². The van der Waals surface area contributed by atoms with Crippen LogP contribution in [-0.4, -0.2) is 10.00 Å². The largest absolute Gasteiger partial charge is 0.449 e. The molecule has 2 aromatic rings. The molecule has 0 amide bonds. The highest BCUT2D eigenvalue weighted by atomic mass is 35.5. The summed E-state index contributed by atoms with van der Waals surface area (Å²) in [4.78, 5) is 10.5. The van der Waals surface area contributed by atoms with Crippen LogP contribution in [0.5, 0.6) is 0 Å². The maximum absolute atomic E-state index is 10.5. The molecular weight excluding hydrogens is 214 g/mol. The van der Waals surface area contributed by atoms with Gasteiger partial charge in [0.15, 0.2) is 0 Å². The number of rotatable bonds is 2. The van der Waals surface area contributed by atoms with Crippen LogP contribution >= 0.6 is 11.6 Å². The lowest BCUT2D eigenvalue weighted by atomic mass is 10.2. The van der Waals surface area contributed by atoms with Crippen molar-refractivity contribution in [2.75, 3.05) is 0 Å². The summed E-state index contributed by atoms with van der Waals surface area (Å²) >= 11 is 5.12. The van der Waals surface area contributed by atoms with E-state index in [-0.39, 0.29) is 6.61 Å². The number of halogens is 1. The maximum atomic E-state index is 10.5. The highest BCUT2D eigenvalue weighted by Crippen LogP contribution is 2.20. The Morgan fingerprint density at radius 1 is 1.47 bits per heavy atom. The first-order valence-corrected chi connectivity index (χ1v) is 4.91. The summed E-state index contributed by atoms with van der Waals surface area (Å²) in [6.07, 6.45) is 1.94. The van der Waals surface area contributed by atoms with Gasteiger partial charge >= 0.3 is 5.43 Å². The Morgan fingerprint density at radius 3 is 2.93 bits per heavy atom. The van der Waals surface area contributed by atoms with Crippen molar-refractivity contribution >= 4 is 27.9 Å². The van der Waals surface area contributed by atoms with Gasteiger partial charge in [-0.25, -0.2) is 4.79 Å². The SMILES string of the molecule is Cn1cc(COC(=O)Cl)c2ccccc21. The Morgan fingerprint density at radius 2 is 2.20 bits per heavy atom. The van der Waals surface area contributed by atoms with Gasteiger partial charge in [-0.3, -0.25) is 0 Å². The average molecular weight is 224 g/mol. The Kier molecular flexibility index (Phi) is 2.64.